The molecule has 0 radical (unpaired) electrons. The summed E-state index contributed by atoms with van der Waals surface area (Å²) in [4.78, 5) is 12.6. The first kappa shape index (κ1) is 15.8. The Morgan fingerprint density at radius 1 is 1.04 bits per heavy atom. The van der Waals surface area contributed by atoms with Crippen molar-refractivity contribution in [1.29, 1.82) is 0 Å². The van der Waals surface area contributed by atoms with Gasteiger partial charge in [-0.2, -0.15) is 0 Å². The zero-order valence-electron chi connectivity index (χ0n) is 13.2. The van der Waals surface area contributed by atoms with Crippen molar-refractivity contribution in [3.8, 4) is 17.4 Å². The van der Waals surface area contributed by atoms with Gasteiger partial charge in [0.1, 0.15) is 7.17 Å². The molecule has 0 spiro atoms. The number of aromatic hydroxyl groups is 2. The predicted molar refractivity (Wildman–Crippen MR) is 98.8 cm³/mol. The van der Waals surface area contributed by atoms with Gasteiger partial charge in [-0.3, -0.25) is 9.36 Å². The van der Waals surface area contributed by atoms with Gasteiger partial charge in [0.15, 0.2) is 11.8 Å². The molecule has 1 aromatic heterocycles. The molecule has 118 valence electrons. The SMILES string of the molecule is BBc1cc(O)n(-c2ccccc2C(=O)Nc2ccccc2)c1O. The molecule has 0 aliphatic heterocycles. The van der Waals surface area contributed by atoms with Crippen molar-refractivity contribution >= 4 is 32.0 Å². The quantitative estimate of drug-likeness (QED) is 0.622. The van der Waals surface area contributed by atoms with Crippen LogP contribution in [0.3, 0.4) is 0 Å². The highest BCUT2D eigenvalue weighted by Crippen LogP contribution is 2.27. The standard InChI is InChI=1S/C17H16B2N2O3/c18-19-13-10-15(22)21(17(13)24)14-9-5-4-8-12(14)16(23)20-11-6-2-1-3-7-11/h1-10,19,22,24H,18H2,(H,20,23). The second-order valence-corrected chi connectivity index (χ2v) is 5.38. The van der Waals surface area contributed by atoms with Crippen LogP contribution in [0.5, 0.6) is 11.8 Å². The first-order valence-electron chi connectivity index (χ1n) is 7.70. The van der Waals surface area contributed by atoms with E-state index < -0.39 is 0 Å². The van der Waals surface area contributed by atoms with Crippen LogP contribution in [0, 0.1) is 0 Å². The van der Waals surface area contributed by atoms with Gasteiger partial charge in [0.05, 0.1) is 19.0 Å². The fourth-order valence-electron chi connectivity index (χ4n) is 2.62. The van der Waals surface area contributed by atoms with Gasteiger partial charge in [0.25, 0.3) is 5.91 Å². The van der Waals surface area contributed by atoms with Crippen LogP contribution in [0.2, 0.25) is 0 Å². The van der Waals surface area contributed by atoms with Gasteiger partial charge in [0, 0.05) is 5.69 Å². The van der Waals surface area contributed by atoms with Crippen LogP contribution in [-0.4, -0.2) is 35.6 Å². The van der Waals surface area contributed by atoms with E-state index in [1.54, 1.807) is 36.4 Å². The average molecular weight is 318 g/mol. The molecule has 0 saturated carbocycles. The molecule has 0 unspecified atom stereocenters. The minimum Gasteiger partial charge on any atom is -0.495 e. The maximum atomic E-state index is 12.6. The van der Waals surface area contributed by atoms with Gasteiger partial charge in [0.2, 0.25) is 0 Å². The first-order valence-corrected chi connectivity index (χ1v) is 7.70. The lowest BCUT2D eigenvalue weighted by atomic mass is 9.52. The zero-order chi connectivity index (χ0) is 17.1. The number of rotatable bonds is 4. The Labute approximate surface area is 141 Å². The smallest absolute Gasteiger partial charge is 0.257 e. The largest absolute Gasteiger partial charge is 0.495 e. The first-order chi connectivity index (χ1) is 11.6. The van der Waals surface area contributed by atoms with Crippen molar-refractivity contribution in [2.45, 2.75) is 0 Å². The van der Waals surface area contributed by atoms with Crippen LogP contribution >= 0.6 is 0 Å². The Morgan fingerprint density at radius 3 is 2.38 bits per heavy atom. The number of hydrogen-bond donors (Lipinski definition) is 3. The molecule has 5 nitrogen and oxygen atoms in total. The number of nitrogens with one attached hydrogen (secondary N) is 1. The van der Waals surface area contributed by atoms with Crippen molar-refractivity contribution < 1.29 is 15.0 Å². The van der Waals surface area contributed by atoms with Gasteiger partial charge in [-0.05, 0) is 35.8 Å². The lowest BCUT2D eigenvalue weighted by molar-refractivity contribution is 0.102. The second kappa shape index (κ2) is 6.58. The van der Waals surface area contributed by atoms with Crippen LogP contribution in [0.1, 0.15) is 10.4 Å². The van der Waals surface area contributed by atoms with Gasteiger partial charge in [-0.25, -0.2) is 0 Å². The van der Waals surface area contributed by atoms with E-state index in [4.69, 9.17) is 0 Å². The Bertz CT molecular complexity index is 879. The van der Waals surface area contributed by atoms with Crippen LogP contribution in [-0.2, 0) is 0 Å². The van der Waals surface area contributed by atoms with E-state index in [-0.39, 0.29) is 17.7 Å². The molecule has 0 bridgehead atoms. The molecule has 1 amide bonds. The number of benzene rings is 2. The normalized spacial score (nSPS) is 10.3. The summed E-state index contributed by atoms with van der Waals surface area (Å²) in [5, 5.41) is 23.3. The van der Waals surface area contributed by atoms with Gasteiger partial charge < -0.3 is 15.5 Å². The molecule has 0 atom stereocenters. The molecule has 24 heavy (non-hydrogen) atoms. The Balaban J connectivity index is 2.03. The number of amides is 1. The summed E-state index contributed by atoms with van der Waals surface area (Å²) in [6, 6.07) is 17.4. The fraction of sp³-hybridized carbons (Fsp3) is 0. The van der Waals surface area contributed by atoms with Crippen LogP contribution in [0.25, 0.3) is 5.69 Å². The van der Waals surface area contributed by atoms with Crippen molar-refractivity contribution in [2.24, 2.45) is 0 Å². The maximum Gasteiger partial charge on any atom is 0.257 e. The molecule has 0 aliphatic carbocycles. The Kier molecular flexibility index (Phi) is 4.33. The topological polar surface area (TPSA) is 74.5 Å². The van der Waals surface area contributed by atoms with E-state index in [9.17, 15) is 15.0 Å². The number of nitrogens with zero attached hydrogens (tertiary/aromatic N) is 1. The monoisotopic (exact) mass is 318 g/mol. The number of anilines is 1. The van der Waals surface area contributed by atoms with E-state index in [1.165, 1.54) is 10.6 Å². The fourth-order valence-corrected chi connectivity index (χ4v) is 2.62. The van der Waals surface area contributed by atoms with Crippen molar-refractivity contribution in [3.05, 3.63) is 66.2 Å². The van der Waals surface area contributed by atoms with Crippen LogP contribution < -0.4 is 10.8 Å². The lowest BCUT2D eigenvalue weighted by Crippen LogP contribution is -2.16. The lowest BCUT2D eigenvalue weighted by Gasteiger charge is -2.13. The molecular formula is C17H16B2N2O3. The summed E-state index contributed by atoms with van der Waals surface area (Å²) >= 11 is 0. The number of carbonyl (C=O) groups excluding carboxylic acids is 1. The summed E-state index contributed by atoms with van der Waals surface area (Å²) in [7, 11) is 2.46. The van der Waals surface area contributed by atoms with E-state index in [2.05, 4.69) is 5.32 Å². The number of para-hydroxylation sites is 2. The molecule has 0 fully saturated rings. The second-order valence-electron chi connectivity index (χ2n) is 5.38. The molecule has 3 rings (SSSR count). The minimum absolute atomic E-state index is 0.0602. The summed E-state index contributed by atoms with van der Waals surface area (Å²) < 4.78 is 1.28. The van der Waals surface area contributed by atoms with Crippen molar-refractivity contribution in [2.75, 3.05) is 5.32 Å². The number of hydrogen-bond acceptors (Lipinski definition) is 3. The molecule has 0 aliphatic rings. The summed E-state index contributed by atoms with van der Waals surface area (Å²) in [5.41, 5.74) is 2.06. The summed E-state index contributed by atoms with van der Waals surface area (Å²) in [5.74, 6) is -0.485. The number of carbonyl (C=O) groups is 1. The van der Waals surface area contributed by atoms with Crippen molar-refractivity contribution in [1.82, 2.24) is 4.57 Å². The van der Waals surface area contributed by atoms with E-state index in [1.807, 2.05) is 25.9 Å². The molecule has 2 aromatic carbocycles. The zero-order valence-corrected chi connectivity index (χ0v) is 13.2. The van der Waals surface area contributed by atoms with Crippen LogP contribution in [0.15, 0.2) is 60.7 Å². The highest BCUT2D eigenvalue weighted by molar-refractivity contribution is 6.98. The van der Waals surface area contributed by atoms with E-state index >= 15 is 0 Å². The van der Waals surface area contributed by atoms with E-state index in [0.717, 1.165) is 0 Å². The molecule has 3 aromatic rings. The third kappa shape index (κ3) is 2.88. The highest BCUT2D eigenvalue weighted by atomic mass is 16.3. The number of aromatic nitrogens is 1. The van der Waals surface area contributed by atoms with E-state index in [0.29, 0.717) is 29.6 Å². The average Bonchev–Trinajstić information content (AvgIpc) is 2.89. The maximum absolute atomic E-state index is 12.6. The summed E-state index contributed by atoms with van der Waals surface area (Å²) in [6.07, 6.45) is 0. The Hall–Kier alpha value is -3.08. The third-order valence-corrected chi connectivity index (χ3v) is 3.83. The van der Waals surface area contributed by atoms with Crippen LogP contribution in [0.4, 0.5) is 5.69 Å². The molecule has 3 N–H and O–H groups in total. The van der Waals surface area contributed by atoms with Gasteiger partial charge in [-0.15, -0.1) is 0 Å². The predicted octanol–water partition coefficient (Wildman–Crippen LogP) is 0.751. The minimum atomic E-state index is -0.317. The Morgan fingerprint density at radius 2 is 1.71 bits per heavy atom. The summed E-state index contributed by atoms with van der Waals surface area (Å²) in [6.45, 7) is 0. The van der Waals surface area contributed by atoms with Crippen molar-refractivity contribution in [3.63, 3.8) is 0 Å². The van der Waals surface area contributed by atoms with Gasteiger partial charge >= 0.3 is 0 Å². The molecular weight excluding hydrogens is 302 g/mol. The third-order valence-electron chi connectivity index (χ3n) is 3.83. The molecule has 1 heterocycles. The molecule has 0 saturated heterocycles. The molecule has 7 heteroatoms. The highest BCUT2D eigenvalue weighted by Gasteiger charge is 2.19. The van der Waals surface area contributed by atoms with Gasteiger partial charge in [-0.1, -0.05) is 30.3 Å².